The van der Waals surface area contributed by atoms with E-state index in [0.717, 1.165) is 20.7 Å². The number of aromatic nitrogens is 1. The van der Waals surface area contributed by atoms with E-state index in [4.69, 9.17) is 5.11 Å². The van der Waals surface area contributed by atoms with Gasteiger partial charge in [-0.3, -0.25) is 4.98 Å². The molecular formula is C13H10BrNO2S. The van der Waals surface area contributed by atoms with Gasteiger partial charge in [0.25, 0.3) is 0 Å². The monoisotopic (exact) mass is 323 g/mol. The molecule has 1 aromatic heterocycles. The lowest BCUT2D eigenvalue weighted by molar-refractivity contribution is 0.0697. The van der Waals surface area contributed by atoms with Crippen LogP contribution in [0.2, 0.25) is 0 Å². The van der Waals surface area contributed by atoms with Gasteiger partial charge < -0.3 is 5.11 Å². The summed E-state index contributed by atoms with van der Waals surface area (Å²) in [6.45, 7) is 0. The standard InChI is InChI=1S/C13H10BrNO2S/c14-11-5-9(6-15-7-11)8-18-12-3-1-10(2-4-12)13(16)17/h1-7H,8H2,(H,16,17). The zero-order valence-electron chi connectivity index (χ0n) is 9.34. The van der Waals surface area contributed by atoms with Crippen molar-refractivity contribution in [2.75, 3.05) is 0 Å². The molecule has 0 saturated carbocycles. The van der Waals surface area contributed by atoms with Gasteiger partial charge in [-0.1, -0.05) is 0 Å². The second kappa shape index (κ2) is 6.02. The molecule has 1 aromatic carbocycles. The first kappa shape index (κ1) is 13.1. The molecule has 0 radical (unpaired) electrons. The average Bonchev–Trinajstić information content (AvgIpc) is 2.37. The normalized spacial score (nSPS) is 10.3. The number of thioether (sulfide) groups is 1. The third kappa shape index (κ3) is 3.58. The van der Waals surface area contributed by atoms with Crippen LogP contribution in [-0.4, -0.2) is 16.1 Å². The first-order valence-electron chi connectivity index (χ1n) is 5.21. The van der Waals surface area contributed by atoms with Crippen molar-refractivity contribution < 1.29 is 9.90 Å². The molecule has 0 aliphatic heterocycles. The lowest BCUT2D eigenvalue weighted by atomic mass is 10.2. The number of carboxylic acids is 1. The number of rotatable bonds is 4. The number of carboxylic acid groups (broad SMARTS) is 1. The van der Waals surface area contributed by atoms with Crippen LogP contribution in [0.3, 0.4) is 0 Å². The highest BCUT2D eigenvalue weighted by molar-refractivity contribution is 9.10. The summed E-state index contributed by atoms with van der Waals surface area (Å²) in [7, 11) is 0. The lowest BCUT2D eigenvalue weighted by Crippen LogP contribution is -1.94. The van der Waals surface area contributed by atoms with E-state index in [0.29, 0.717) is 5.56 Å². The van der Waals surface area contributed by atoms with Crippen LogP contribution in [0.4, 0.5) is 0 Å². The molecule has 0 aliphatic rings. The first-order valence-corrected chi connectivity index (χ1v) is 6.98. The molecule has 1 heterocycles. The first-order chi connectivity index (χ1) is 8.65. The van der Waals surface area contributed by atoms with Crippen molar-refractivity contribution in [3.05, 3.63) is 58.3 Å². The summed E-state index contributed by atoms with van der Waals surface area (Å²) in [5.74, 6) is -0.0958. The van der Waals surface area contributed by atoms with Crippen LogP contribution in [0.1, 0.15) is 15.9 Å². The average molecular weight is 324 g/mol. The summed E-state index contributed by atoms with van der Waals surface area (Å²) in [5, 5.41) is 8.79. The predicted octanol–water partition coefficient (Wildman–Crippen LogP) is 3.83. The van der Waals surface area contributed by atoms with Gasteiger partial charge in [-0.2, -0.15) is 0 Å². The number of halogens is 1. The molecule has 18 heavy (non-hydrogen) atoms. The number of carbonyl (C=O) groups is 1. The molecule has 0 bridgehead atoms. The Morgan fingerprint density at radius 3 is 2.61 bits per heavy atom. The van der Waals surface area contributed by atoms with E-state index in [2.05, 4.69) is 20.9 Å². The molecule has 0 unspecified atom stereocenters. The Balaban J connectivity index is 2.00. The summed E-state index contributed by atoms with van der Waals surface area (Å²) in [6.07, 6.45) is 3.57. The molecule has 0 aliphatic carbocycles. The van der Waals surface area contributed by atoms with Crippen molar-refractivity contribution in [3.8, 4) is 0 Å². The minimum absolute atomic E-state index is 0.309. The van der Waals surface area contributed by atoms with E-state index in [1.54, 1.807) is 30.1 Å². The molecule has 0 saturated heterocycles. The molecule has 0 atom stereocenters. The Hall–Kier alpha value is -1.33. The highest BCUT2D eigenvalue weighted by atomic mass is 79.9. The predicted molar refractivity (Wildman–Crippen MR) is 74.9 cm³/mol. The fourth-order valence-corrected chi connectivity index (χ4v) is 2.63. The van der Waals surface area contributed by atoms with Crippen molar-refractivity contribution in [2.45, 2.75) is 10.6 Å². The van der Waals surface area contributed by atoms with Crippen LogP contribution in [0.15, 0.2) is 52.1 Å². The maximum Gasteiger partial charge on any atom is 0.335 e. The zero-order chi connectivity index (χ0) is 13.0. The Morgan fingerprint density at radius 1 is 1.28 bits per heavy atom. The quantitative estimate of drug-likeness (QED) is 0.868. The van der Waals surface area contributed by atoms with Gasteiger partial charge in [-0.05, 0) is 51.8 Å². The molecule has 5 heteroatoms. The van der Waals surface area contributed by atoms with Crippen LogP contribution in [0.25, 0.3) is 0 Å². The third-order valence-corrected chi connectivity index (χ3v) is 3.79. The molecule has 0 spiro atoms. The SMILES string of the molecule is O=C(O)c1ccc(SCc2cncc(Br)c2)cc1. The fraction of sp³-hybridized carbons (Fsp3) is 0.0769. The molecule has 1 N–H and O–H groups in total. The Kier molecular flexibility index (Phi) is 4.38. The highest BCUT2D eigenvalue weighted by Crippen LogP contribution is 2.23. The minimum Gasteiger partial charge on any atom is -0.478 e. The summed E-state index contributed by atoms with van der Waals surface area (Å²) in [5.41, 5.74) is 1.43. The number of nitrogens with zero attached hydrogens (tertiary/aromatic N) is 1. The number of aromatic carboxylic acids is 1. The summed E-state index contributed by atoms with van der Waals surface area (Å²) in [6, 6.07) is 8.89. The van der Waals surface area contributed by atoms with Gasteiger partial charge in [0.05, 0.1) is 5.56 Å². The second-order valence-electron chi connectivity index (χ2n) is 3.63. The largest absolute Gasteiger partial charge is 0.478 e. The third-order valence-electron chi connectivity index (χ3n) is 2.27. The Morgan fingerprint density at radius 2 is 2.00 bits per heavy atom. The van der Waals surface area contributed by atoms with Crippen LogP contribution in [0, 0.1) is 0 Å². The van der Waals surface area contributed by atoms with E-state index < -0.39 is 5.97 Å². The van der Waals surface area contributed by atoms with Crippen LogP contribution < -0.4 is 0 Å². The molecule has 3 nitrogen and oxygen atoms in total. The van der Waals surface area contributed by atoms with Crippen LogP contribution >= 0.6 is 27.7 Å². The zero-order valence-corrected chi connectivity index (χ0v) is 11.7. The van der Waals surface area contributed by atoms with E-state index >= 15 is 0 Å². The van der Waals surface area contributed by atoms with E-state index in [-0.39, 0.29) is 0 Å². The van der Waals surface area contributed by atoms with Crippen molar-refractivity contribution >= 4 is 33.7 Å². The molecule has 92 valence electrons. The van der Waals surface area contributed by atoms with Gasteiger partial charge in [0, 0.05) is 27.5 Å². The fourth-order valence-electron chi connectivity index (χ4n) is 1.40. The Labute approximate surface area is 117 Å². The highest BCUT2D eigenvalue weighted by Gasteiger charge is 2.02. The van der Waals surface area contributed by atoms with Gasteiger partial charge >= 0.3 is 5.97 Å². The molecule has 2 aromatic rings. The van der Waals surface area contributed by atoms with Gasteiger partial charge in [-0.15, -0.1) is 11.8 Å². The van der Waals surface area contributed by atoms with Gasteiger partial charge in [0.15, 0.2) is 0 Å². The minimum atomic E-state index is -0.900. The molecule has 0 amide bonds. The number of hydrogen-bond acceptors (Lipinski definition) is 3. The van der Waals surface area contributed by atoms with Crippen molar-refractivity contribution in [3.63, 3.8) is 0 Å². The van der Waals surface area contributed by atoms with Gasteiger partial charge in [0.2, 0.25) is 0 Å². The maximum atomic E-state index is 10.7. The van der Waals surface area contributed by atoms with Gasteiger partial charge in [0.1, 0.15) is 0 Å². The van der Waals surface area contributed by atoms with Crippen molar-refractivity contribution in [1.82, 2.24) is 4.98 Å². The van der Waals surface area contributed by atoms with Gasteiger partial charge in [-0.25, -0.2) is 4.79 Å². The number of hydrogen-bond donors (Lipinski definition) is 1. The topological polar surface area (TPSA) is 50.2 Å². The summed E-state index contributed by atoms with van der Waals surface area (Å²) in [4.78, 5) is 15.8. The molecule has 0 fully saturated rings. The van der Waals surface area contributed by atoms with E-state index in [1.165, 1.54) is 0 Å². The molecule has 2 rings (SSSR count). The maximum absolute atomic E-state index is 10.7. The number of pyridine rings is 1. The van der Waals surface area contributed by atoms with Crippen molar-refractivity contribution in [1.29, 1.82) is 0 Å². The summed E-state index contributed by atoms with van der Waals surface area (Å²) >= 11 is 5.03. The lowest BCUT2D eigenvalue weighted by Gasteiger charge is -2.02. The van der Waals surface area contributed by atoms with E-state index in [9.17, 15) is 4.79 Å². The van der Waals surface area contributed by atoms with Crippen LogP contribution in [-0.2, 0) is 5.75 Å². The molecular weight excluding hydrogens is 314 g/mol. The van der Waals surface area contributed by atoms with Crippen molar-refractivity contribution in [2.24, 2.45) is 0 Å². The van der Waals surface area contributed by atoms with E-state index in [1.807, 2.05) is 24.4 Å². The second-order valence-corrected chi connectivity index (χ2v) is 5.59. The number of benzene rings is 1. The van der Waals surface area contributed by atoms with Crippen LogP contribution in [0.5, 0.6) is 0 Å². The smallest absolute Gasteiger partial charge is 0.335 e. The Bertz CT molecular complexity index is 557. The summed E-state index contributed by atoms with van der Waals surface area (Å²) < 4.78 is 0.960.